The van der Waals surface area contributed by atoms with Crippen LogP contribution in [0.3, 0.4) is 0 Å². The molecule has 1 amide bonds. The van der Waals surface area contributed by atoms with E-state index in [4.69, 9.17) is 4.74 Å². The van der Waals surface area contributed by atoms with Crippen LogP contribution < -0.4 is 15.4 Å². The third-order valence-corrected chi connectivity index (χ3v) is 3.13. The number of methoxy groups -OCH3 is 1. The first-order valence-electron chi connectivity index (χ1n) is 7.36. The maximum atomic E-state index is 11.6. The molecule has 0 heterocycles. The number of hydrogen-bond acceptors (Lipinski definition) is 3. The Morgan fingerprint density at radius 2 is 1.90 bits per heavy atom. The summed E-state index contributed by atoms with van der Waals surface area (Å²) >= 11 is 0. The summed E-state index contributed by atoms with van der Waals surface area (Å²) in [4.78, 5) is 11.6. The molecule has 0 saturated heterocycles. The van der Waals surface area contributed by atoms with Gasteiger partial charge in [-0.2, -0.15) is 0 Å². The van der Waals surface area contributed by atoms with Crippen LogP contribution in [0.5, 0.6) is 5.75 Å². The number of ether oxygens (including phenoxy) is 1. The standard InChI is InChI=1S/C16H26N2O2/c1-3-4-11-17-12-10-16(19)18-13-9-14-5-7-15(20-2)8-6-14/h5-8,17H,3-4,9-13H2,1-2H3,(H,18,19). The van der Waals surface area contributed by atoms with Crippen LogP contribution >= 0.6 is 0 Å². The second-order valence-corrected chi connectivity index (χ2v) is 4.80. The molecule has 20 heavy (non-hydrogen) atoms. The first kappa shape index (κ1) is 16.5. The Hall–Kier alpha value is -1.55. The number of amides is 1. The number of rotatable bonds is 10. The van der Waals surface area contributed by atoms with E-state index in [0.717, 1.165) is 25.3 Å². The maximum Gasteiger partial charge on any atom is 0.221 e. The lowest BCUT2D eigenvalue weighted by Crippen LogP contribution is -2.29. The molecule has 0 fully saturated rings. The first-order chi connectivity index (χ1) is 9.76. The average Bonchev–Trinajstić information content (AvgIpc) is 2.48. The maximum absolute atomic E-state index is 11.6. The number of benzene rings is 1. The molecular formula is C16H26N2O2. The highest BCUT2D eigenvalue weighted by Gasteiger charge is 2.00. The molecule has 2 N–H and O–H groups in total. The minimum atomic E-state index is 0.113. The number of hydrogen-bond donors (Lipinski definition) is 2. The molecule has 0 aliphatic rings. The molecule has 0 spiro atoms. The van der Waals surface area contributed by atoms with Crippen molar-refractivity contribution in [2.75, 3.05) is 26.7 Å². The predicted octanol–water partition coefficient (Wildman–Crippen LogP) is 2.13. The Kier molecular flexibility index (Phi) is 8.47. The van der Waals surface area contributed by atoms with E-state index in [1.807, 2.05) is 24.3 Å². The van der Waals surface area contributed by atoms with Crippen LogP contribution in [0.1, 0.15) is 31.7 Å². The third-order valence-electron chi connectivity index (χ3n) is 3.13. The van der Waals surface area contributed by atoms with Gasteiger partial charge in [-0.1, -0.05) is 25.5 Å². The summed E-state index contributed by atoms with van der Waals surface area (Å²) in [5.74, 6) is 0.971. The molecule has 0 unspecified atom stereocenters. The van der Waals surface area contributed by atoms with E-state index in [1.54, 1.807) is 7.11 Å². The number of carbonyl (C=O) groups is 1. The second kappa shape index (κ2) is 10.3. The van der Waals surface area contributed by atoms with Crippen LogP contribution in [0.25, 0.3) is 0 Å². The summed E-state index contributed by atoms with van der Waals surface area (Å²) in [7, 11) is 1.66. The van der Waals surface area contributed by atoms with E-state index in [9.17, 15) is 4.79 Å². The number of nitrogens with one attached hydrogen (secondary N) is 2. The van der Waals surface area contributed by atoms with Gasteiger partial charge in [0.1, 0.15) is 5.75 Å². The van der Waals surface area contributed by atoms with Gasteiger partial charge >= 0.3 is 0 Å². The lowest BCUT2D eigenvalue weighted by molar-refractivity contribution is -0.120. The quantitative estimate of drug-likeness (QED) is 0.645. The van der Waals surface area contributed by atoms with E-state index < -0.39 is 0 Å². The fourth-order valence-electron chi connectivity index (χ4n) is 1.86. The minimum Gasteiger partial charge on any atom is -0.497 e. The lowest BCUT2D eigenvalue weighted by atomic mass is 10.1. The minimum absolute atomic E-state index is 0.113. The van der Waals surface area contributed by atoms with E-state index >= 15 is 0 Å². The zero-order valence-corrected chi connectivity index (χ0v) is 12.6. The molecule has 0 aromatic heterocycles. The summed E-state index contributed by atoms with van der Waals surface area (Å²) in [5.41, 5.74) is 1.20. The number of carbonyl (C=O) groups excluding carboxylic acids is 1. The molecule has 0 atom stereocenters. The SMILES string of the molecule is CCCCNCCC(=O)NCCc1ccc(OC)cc1. The molecule has 112 valence electrons. The van der Waals surface area contributed by atoms with Gasteiger partial charge in [-0.25, -0.2) is 0 Å². The van der Waals surface area contributed by atoms with Crippen molar-refractivity contribution in [3.63, 3.8) is 0 Å². The molecule has 4 heteroatoms. The summed E-state index contributed by atoms with van der Waals surface area (Å²) in [5, 5.41) is 6.20. The normalized spacial score (nSPS) is 10.3. The van der Waals surface area contributed by atoms with Gasteiger partial charge in [-0.3, -0.25) is 4.79 Å². The molecule has 1 rings (SSSR count). The predicted molar refractivity (Wildman–Crippen MR) is 82.1 cm³/mol. The van der Waals surface area contributed by atoms with Crippen molar-refractivity contribution in [1.82, 2.24) is 10.6 Å². The van der Waals surface area contributed by atoms with Gasteiger partial charge in [0.15, 0.2) is 0 Å². The summed E-state index contributed by atoms with van der Waals surface area (Å²) < 4.78 is 5.11. The molecule has 0 aliphatic heterocycles. The molecule has 0 saturated carbocycles. The van der Waals surface area contributed by atoms with E-state index in [0.29, 0.717) is 13.0 Å². The monoisotopic (exact) mass is 278 g/mol. The van der Waals surface area contributed by atoms with Crippen molar-refractivity contribution in [3.8, 4) is 5.75 Å². The van der Waals surface area contributed by atoms with Gasteiger partial charge in [-0.05, 0) is 37.1 Å². The second-order valence-electron chi connectivity index (χ2n) is 4.80. The highest BCUT2D eigenvalue weighted by atomic mass is 16.5. The summed E-state index contributed by atoms with van der Waals surface area (Å²) in [6.07, 6.45) is 3.74. The zero-order chi connectivity index (χ0) is 14.6. The van der Waals surface area contributed by atoms with Crippen LogP contribution in [0, 0.1) is 0 Å². The van der Waals surface area contributed by atoms with Crippen molar-refractivity contribution >= 4 is 5.91 Å². The summed E-state index contributed by atoms with van der Waals surface area (Å²) in [6.45, 7) is 4.59. The largest absolute Gasteiger partial charge is 0.497 e. The van der Waals surface area contributed by atoms with Crippen LogP contribution in [0.4, 0.5) is 0 Å². The molecular weight excluding hydrogens is 252 g/mol. The number of unbranched alkanes of at least 4 members (excludes halogenated alkanes) is 1. The van der Waals surface area contributed by atoms with Crippen molar-refractivity contribution in [2.24, 2.45) is 0 Å². The Morgan fingerprint density at radius 3 is 2.55 bits per heavy atom. The van der Waals surface area contributed by atoms with Crippen molar-refractivity contribution < 1.29 is 9.53 Å². The van der Waals surface area contributed by atoms with E-state index in [2.05, 4.69) is 17.6 Å². The first-order valence-corrected chi connectivity index (χ1v) is 7.36. The topological polar surface area (TPSA) is 50.4 Å². The van der Waals surface area contributed by atoms with Gasteiger partial charge in [0.05, 0.1) is 7.11 Å². The van der Waals surface area contributed by atoms with E-state index in [-0.39, 0.29) is 5.91 Å². The van der Waals surface area contributed by atoms with Crippen LogP contribution in [0.2, 0.25) is 0 Å². The summed E-state index contributed by atoms with van der Waals surface area (Å²) in [6, 6.07) is 7.93. The smallest absolute Gasteiger partial charge is 0.221 e. The molecule has 0 aliphatic carbocycles. The van der Waals surface area contributed by atoms with Gasteiger partial charge in [0.25, 0.3) is 0 Å². The Balaban J connectivity index is 2.08. The molecule has 4 nitrogen and oxygen atoms in total. The van der Waals surface area contributed by atoms with Crippen molar-refractivity contribution in [1.29, 1.82) is 0 Å². The Labute approximate surface area is 121 Å². The Bertz CT molecular complexity index is 377. The van der Waals surface area contributed by atoms with Crippen LogP contribution in [-0.2, 0) is 11.2 Å². The van der Waals surface area contributed by atoms with Gasteiger partial charge < -0.3 is 15.4 Å². The molecule has 1 aromatic carbocycles. The van der Waals surface area contributed by atoms with Gasteiger partial charge in [0, 0.05) is 19.5 Å². The van der Waals surface area contributed by atoms with Crippen LogP contribution in [0.15, 0.2) is 24.3 Å². The third kappa shape index (κ3) is 7.14. The van der Waals surface area contributed by atoms with Crippen molar-refractivity contribution in [3.05, 3.63) is 29.8 Å². The fourth-order valence-corrected chi connectivity index (χ4v) is 1.86. The van der Waals surface area contributed by atoms with Gasteiger partial charge in [-0.15, -0.1) is 0 Å². The highest BCUT2D eigenvalue weighted by molar-refractivity contribution is 5.76. The van der Waals surface area contributed by atoms with Gasteiger partial charge in [0.2, 0.25) is 5.91 Å². The highest BCUT2D eigenvalue weighted by Crippen LogP contribution is 2.11. The van der Waals surface area contributed by atoms with E-state index in [1.165, 1.54) is 18.4 Å². The molecule has 0 bridgehead atoms. The molecule has 0 radical (unpaired) electrons. The Morgan fingerprint density at radius 1 is 1.15 bits per heavy atom. The fraction of sp³-hybridized carbons (Fsp3) is 0.562. The zero-order valence-electron chi connectivity index (χ0n) is 12.6. The van der Waals surface area contributed by atoms with Crippen molar-refractivity contribution in [2.45, 2.75) is 32.6 Å². The lowest BCUT2D eigenvalue weighted by Gasteiger charge is -2.07. The van der Waals surface area contributed by atoms with Crippen LogP contribution in [-0.4, -0.2) is 32.7 Å². The average molecular weight is 278 g/mol. The molecule has 1 aromatic rings.